The molecule has 1 N–H and O–H groups in total. The zero-order valence-electron chi connectivity index (χ0n) is 10.0. The SMILES string of the molecule is COC1CCC(NC(C)c2ccccn2)C1. The minimum absolute atomic E-state index is 0.321. The predicted octanol–water partition coefficient (Wildman–Crippen LogP) is 2.30. The van der Waals surface area contributed by atoms with Gasteiger partial charge in [-0.05, 0) is 38.3 Å². The van der Waals surface area contributed by atoms with Gasteiger partial charge in [0, 0.05) is 25.4 Å². The van der Waals surface area contributed by atoms with Gasteiger partial charge in [0.25, 0.3) is 0 Å². The van der Waals surface area contributed by atoms with E-state index >= 15 is 0 Å². The lowest BCUT2D eigenvalue weighted by molar-refractivity contribution is 0.106. The molecule has 0 spiro atoms. The van der Waals surface area contributed by atoms with Crippen LogP contribution in [0.5, 0.6) is 0 Å². The Hall–Kier alpha value is -0.930. The molecule has 1 aromatic heterocycles. The highest BCUT2D eigenvalue weighted by Gasteiger charge is 2.25. The van der Waals surface area contributed by atoms with Gasteiger partial charge in [0.05, 0.1) is 11.8 Å². The first-order valence-corrected chi connectivity index (χ1v) is 5.99. The number of hydrogen-bond acceptors (Lipinski definition) is 3. The van der Waals surface area contributed by atoms with E-state index in [1.54, 1.807) is 7.11 Å². The van der Waals surface area contributed by atoms with Crippen LogP contribution < -0.4 is 5.32 Å². The molecule has 1 saturated carbocycles. The molecular weight excluding hydrogens is 200 g/mol. The number of rotatable bonds is 4. The molecule has 3 heteroatoms. The van der Waals surface area contributed by atoms with Crippen molar-refractivity contribution >= 4 is 0 Å². The predicted molar refractivity (Wildman–Crippen MR) is 64.2 cm³/mol. The van der Waals surface area contributed by atoms with Crippen molar-refractivity contribution < 1.29 is 4.74 Å². The normalized spacial score (nSPS) is 26.9. The lowest BCUT2D eigenvalue weighted by atomic mass is 10.1. The molecule has 0 aromatic carbocycles. The molecule has 0 aliphatic heterocycles. The molecule has 1 aliphatic rings. The van der Waals surface area contributed by atoms with Crippen molar-refractivity contribution in [3.05, 3.63) is 30.1 Å². The van der Waals surface area contributed by atoms with Crippen molar-refractivity contribution in [2.24, 2.45) is 0 Å². The summed E-state index contributed by atoms with van der Waals surface area (Å²) in [6.45, 7) is 2.17. The molecule has 1 aromatic rings. The number of pyridine rings is 1. The third-order valence-corrected chi connectivity index (χ3v) is 3.33. The smallest absolute Gasteiger partial charge is 0.0586 e. The van der Waals surface area contributed by atoms with Gasteiger partial charge in [0.15, 0.2) is 0 Å². The van der Waals surface area contributed by atoms with Crippen LogP contribution in [0.3, 0.4) is 0 Å². The summed E-state index contributed by atoms with van der Waals surface area (Å²) in [7, 11) is 1.80. The summed E-state index contributed by atoms with van der Waals surface area (Å²) in [5.74, 6) is 0. The molecule has 3 unspecified atom stereocenters. The van der Waals surface area contributed by atoms with Gasteiger partial charge < -0.3 is 10.1 Å². The zero-order chi connectivity index (χ0) is 11.4. The quantitative estimate of drug-likeness (QED) is 0.845. The Labute approximate surface area is 97.2 Å². The largest absolute Gasteiger partial charge is 0.381 e. The molecule has 1 aliphatic carbocycles. The lowest BCUT2D eigenvalue weighted by Crippen LogP contribution is -2.30. The van der Waals surface area contributed by atoms with E-state index in [4.69, 9.17) is 4.74 Å². The van der Waals surface area contributed by atoms with Crippen molar-refractivity contribution in [1.29, 1.82) is 0 Å². The van der Waals surface area contributed by atoms with Crippen LogP contribution in [0.25, 0.3) is 0 Å². The fourth-order valence-corrected chi connectivity index (χ4v) is 2.38. The topological polar surface area (TPSA) is 34.1 Å². The third kappa shape index (κ3) is 2.80. The number of aromatic nitrogens is 1. The van der Waals surface area contributed by atoms with Crippen LogP contribution in [0, 0.1) is 0 Å². The van der Waals surface area contributed by atoms with Gasteiger partial charge in [-0.3, -0.25) is 4.98 Å². The van der Waals surface area contributed by atoms with E-state index in [1.807, 2.05) is 18.3 Å². The molecule has 0 bridgehead atoms. The Morgan fingerprint density at radius 3 is 2.94 bits per heavy atom. The van der Waals surface area contributed by atoms with E-state index in [0.29, 0.717) is 18.2 Å². The molecule has 16 heavy (non-hydrogen) atoms. The van der Waals surface area contributed by atoms with Gasteiger partial charge in [0.1, 0.15) is 0 Å². The molecule has 2 rings (SSSR count). The third-order valence-electron chi connectivity index (χ3n) is 3.33. The van der Waals surface area contributed by atoms with Crippen molar-refractivity contribution in [3.63, 3.8) is 0 Å². The van der Waals surface area contributed by atoms with E-state index in [1.165, 1.54) is 12.8 Å². The van der Waals surface area contributed by atoms with Crippen LogP contribution in [0.2, 0.25) is 0 Å². The van der Waals surface area contributed by atoms with Gasteiger partial charge in [0.2, 0.25) is 0 Å². The van der Waals surface area contributed by atoms with Gasteiger partial charge in [-0.15, -0.1) is 0 Å². The van der Waals surface area contributed by atoms with Crippen molar-refractivity contribution in [3.8, 4) is 0 Å². The summed E-state index contributed by atoms with van der Waals surface area (Å²) >= 11 is 0. The van der Waals surface area contributed by atoms with E-state index in [9.17, 15) is 0 Å². The molecule has 3 nitrogen and oxygen atoms in total. The lowest BCUT2D eigenvalue weighted by Gasteiger charge is -2.19. The van der Waals surface area contributed by atoms with E-state index in [2.05, 4.69) is 23.3 Å². The summed E-state index contributed by atoms with van der Waals surface area (Å²) in [5, 5.41) is 3.62. The highest BCUT2D eigenvalue weighted by atomic mass is 16.5. The maximum Gasteiger partial charge on any atom is 0.0586 e. The zero-order valence-corrected chi connectivity index (χ0v) is 10.0. The fourth-order valence-electron chi connectivity index (χ4n) is 2.38. The van der Waals surface area contributed by atoms with Crippen molar-refractivity contribution in [2.45, 2.75) is 44.4 Å². The van der Waals surface area contributed by atoms with Crippen LogP contribution in [0.1, 0.15) is 37.9 Å². The standard InChI is InChI=1S/C13H20N2O/c1-10(13-5-3-4-8-14-13)15-11-6-7-12(9-11)16-2/h3-5,8,10-12,15H,6-7,9H2,1-2H3. The van der Waals surface area contributed by atoms with E-state index in [0.717, 1.165) is 12.1 Å². The monoisotopic (exact) mass is 220 g/mol. The average Bonchev–Trinajstić information content (AvgIpc) is 2.78. The van der Waals surface area contributed by atoms with Crippen LogP contribution >= 0.6 is 0 Å². The first-order chi connectivity index (χ1) is 7.79. The Morgan fingerprint density at radius 2 is 2.31 bits per heavy atom. The first kappa shape index (κ1) is 11.6. The fraction of sp³-hybridized carbons (Fsp3) is 0.615. The molecule has 3 atom stereocenters. The Bertz CT molecular complexity index is 315. The summed E-state index contributed by atoms with van der Waals surface area (Å²) in [4.78, 5) is 4.37. The minimum atomic E-state index is 0.321. The highest BCUT2D eigenvalue weighted by Crippen LogP contribution is 2.23. The summed E-state index contributed by atoms with van der Waals surface area (Å²) in [5.41, 5.74) is 1.11. The number of methoxy groups -OCH3 is 1. The average molecular weight is 220 g/mol. The highest BCUT2D eigenvalue weighted by molar-refractivity contribution is 5.08. The molecule has 1 fully saturated rings. The number of nitrogens with one attached hydrogen (secondary N) is 1. The van der Waals surface area contributed by atoms with E-state index < -0.39 is 0 Å². The van der Waals surface area contributed by atoms with Gasteiger partial charge in [-0.2, -0.15) is 0 Å². The molecule has 0 amide bonds. The molecule has 88 valence electrons. The summed E-state index contributed by atoms with van der Waals surface area (Å²) in [6, 6.07) is 6.95. The second kappa shape index (κ2) is 5.41. The minimum Gasteiger partial charge on any atom is -0.381 e. The summed E-state index contributed by atoms with van der Waals surface area (Å²) < 4.78 is 5.37. The van der Waals surface area contributed by atoms with E-state index in [-0.39, 0.29) is 0 Å². The van der Waals surface area contributed by atoms with Crippen molar-refractivity contribution in [2.75, 3.05) is 7.11 Å². The molecule has 0 saturated heterocycles. The molecule has 1 heterocycles. The maximum atomic E-state index is 5.37. The first-order valence-electron chi connectivity index (χ1n) is 5.99. The maximum absolute atomic E-state index is 5.37. The molecule has 0 radical (unpaired) electrons. The Morgan fingerprint density at radius 1 is 1.44 bits per heavy atom. The van der Waals surface area contributed by atoms with Crippen LogP contribution in [-0.2, 0) is 4.74 Å². The van der Waals surface area contributed by atoms with Crippen molar-refractivity contribution in [1.82, 2.24) is 10.3 Å². The number of hydrogen-bond donors (Lipinski definition) is 1. The Balaban J connectivity index is 1.86. The summed E-state index contributed by atoms with van der Waals surface area (Å²) in [6.07, 6.45) is 5.78. The van der Waals surface area contributed by atoms with Crippen LogP contribution in [0.4, 0.5) is 0 Å². The number of nitrogens with zero attached hydrogens (tertiary/aromatic N) is 1. The molecular formula is C13H20N2O. The van der Waals surface area contributed by atoms with Crippen LogP contribution in [0.15, 0.2) is 24.4 Å². The van der Waals surface area contributed by atoms with Gasteiger partial charge in [-0.25, -0.2) is 0 Å². The number of ether oxygens (including phenoxy) is 1. The second-order valence-electron chi connectivity index (χ2n) is 4.51. The van der Waals surface area contributed by atoms with Gasteiger partial charge in [-0.1, -0.05) is 6.07 Å². The van der Waals surface area contributed by atoms with Crippen LogP contribution in [-0.4, -0.2) is 24.2 Å². The van der Waals surface area contributed by atoms with Gasteiger partial charge >= 0.3 is 0 Å². The Kier molecular flexibility index (Phi) is 3.91. The second-order valence-corrected chi connectivity index (χ2v) is 4.51.